The van der Waals surface area contributed by atoms with E-state index in [1.54, 1.807) is 13.4 Å². The van der Waals surface area contributed by atoms with E-state index in [1.165, 1.54) is 32.1 Å². The van der Waals surface area contributed by atoms with Crippen LogP contribution in [0.4, 0.5) is 0 Å². The minimum Gasteiger partial charge on any atom is -0.481 e. The van der Waals surface area contributed by atoms with Crippen molar-refractivity contribution in [2.45, 2.75) is 38.1 Å². The monoisotopic (exact) mass is 235 g/mol. The largest absolute Gasteiger partial charge is 0.481 e. The summed E-state index contributed by atoms with van der Waals surface area (Å²) < 4.78 is 5.16. The van der Waals surface area contributed by atoms with Gasteiger partial charge in [0.25, 0.3) is 0 Å². The Morgan fingerprint density at radius 1 is 1.29 bits per heavy atom. The zero-order chi connectivity index (χ0) is 12.1. The van der Waals surface area contributed by atoms with Crippen LogP contribution in [0.2, 0.25) is 0 Å². The summed E-state index contributed by atoms with van der Waals surface area (Å²) in [6.07, 6.45) is 8.22. The summed E-state index contributed by atoms with van der Waals surface area (Å²) in [5.41, 5.74) is 1.05. The van der Waals surface area contributed by atoms with E-state index in [9.17, 15) is 0 Å². The number of nitrogens with zero attached hydrogens (tertiary/aromatic N) is 2. The molecule has 1 aliphatic rings. The number of aromatic nitrogens is 2. The minimum absolute atomic E-state index is 0.326. The smallest absolute Gasteiger partial charge is 0.216 e. The van der Waals surface area contributed by atoms with Crippen LogP contribution in [0.3, 0.4) is 0 Å². The summed E-state index contributed by atoms with van der Waals surface area (Å²) >= 11 is 0. The summed E-state index contributed by atoms with van der Waals surface area (Å²) in [4.78, 5) is 8.44. The Bertz CT molecular complexity index is 350. The second-order valence-corrected chi connectivity index (χ2v) is 4.65. The first kappa shape index (κ1) is 12.3. The minimum atomic E-state index is 0.326. The van der Waals surface area contributed by atoms with Gasteiger partial charge >= 0.3 is 0 Å². The predicted octanol–water partition coefficient (Wildman–Crippen LogP) is 2.33. The number of ether oxygens (including phenoxy) is 1. The van der Waals surface area contributed by atoms with E-state index in [0.29, 0.717) is 17.8 Å². The number of rotatable bonds is 4. The average Bonchev–Trinajstić information content (AvgIpc) is 2.41. The predicted molar refractivity (Wildman–Crippen MR) is 67.0 cm³/mol. The van der Waals surface area contributed by atoms with E-state index in [-0.39, 0.29) is 0 Å². The Balaban J connectivity index is 2.15. The van der Waals surface area contributed by atoms with Crippen molar-refractivity contribution in [3.8, 4) is 5.88 Å². The fraction of sp³-hybridized carbons (Fsp3) is 0.692. The van der Waals surface area contributed by atoms with E-state index in [1.807, 2.05) is 13.1 Å². The Kier molecular flexibility index (Phi) is 4.31. The molecule has 1 unspecified atom stereocenters. The van der Waals surface area contributed by atoms with Gasteiger partial charge in [-0.15, -0.1) is 0 Å². The third-order valence-corrected chi connectivity index (χ3v) is 3.62. The molecule has 1 atom stereocenters. The zero-order valence-corrected chi connectivity index (χ0v) is 10.6. The molecular formula is C13H21N3O. The molecule has 1 saturated carbocycles. The maximum absolute atomic E-state index is 5.16. The lowest BCUT2D eigenvalue weighted by Crippen LogP contribution is -2.27. The van der Waals surface area contributed by atoms with E-state index >= 15 is 0 Å². The van der Waals surface area contributed by atoms with Gasteiger partial charge in [0.15, 0.2) is 0 Å². The lowest BCUT2D eigenvalue weighted by atomic mass is 9.82. The molecule has 1 N–H and O–H groups in total. The van der Waals surface area contributed by atoms with E-state index < -0.39 is 0 Å². The van der Waals surface area contributed by atoms with Gasteiger partial charge in [-0.3, -0.25) is 0 Å². The molecular weight excluding hydrogens is 214 g/mol. The van der Waals surface area contributed by atoms with Crippen molar-refractivity contribution in [3.63, 3.8) is 0 Å². The van der Waals surface area contributed by atoms with Crippen molar-refractivity contribution in [3.05, 3.63) is 18.1 Å². The first-order valence-electron chi connectivity index (χ1n) is 6.38. The molecule has 0 bridgehead atoms. The van der Waals surface area contributed by atoms with Crippen molar-refractivity contribution in [1.29, 1.82) is 0 Å². The Labute approximate surface area is 103 Å². The summed E-state index contributed by atoms with van der Waals surface area (Å²) in [6, 6.07) is 2.27. The standard InChI is InChI=1S/C13H21N3O/c1-14-13(10-6-4-3-5-7-10)11-8-12(17-2)16-9-15-11/h8-10,13-14H,3-7H2,1-2H3. The van der Waals surface area contributed by atoms with Crippen molar-refractivity contribution in [2.24, 2.45) is 5.92 Å². The van der Waals surface area contributed by atoms with Gasteiger partial charge < -0.3 is 10.1 Å². The van der Waals surface area contributed by atoms with Crippen LogP contribution >= 0.6 is 0 Å². The molecule has 0 saturated heterocycles. The molecule has 1 aromatic rings. The van der Waals surface area contributed by atoms with Gasteiger partial charge in [0.05, 0.1) is 18.8 Å². The number of hydrogen-bond acceptors (Lipinski definition) is 4. The second-order valence-electron chi connectivity index (χ2n) is 4.65. The van der Waals surface area contributed by atoms with Gasteiger partial charge in [0.2, 0.25) is 5.88 Å². The molecule has 4 heteroatoms. The molecule has 0 amide bonds. The van der Waals surface area contributed by atoms with Crippen LogP contribution in [0.1, 0.15) is 43.8 Å². The lowest BCUT2D eigenvalue weighted by molar-refractivity contribution is 0.276. The van der Waals surface area contributed by atoms with Gasteiger partial charge in [-0.2, -0.15) is 0 Å². The number of nitrogens with one attached hydrogen (secondary N) is 1. The Morgan fingerprint density at radius 3 is 2.71 bits per heavy atom. The molecule has 1 aromatic heterocycles. The van der Waals surface area contributed by atoms with Crippen LogP contribution in [0.15, 0.2) is 12.4 Å². The highest BCUT2D eigenvalue weighted by molar-refractivity contribution is 5.17. The van der Waals surface area contributed by atoms with Crippen LogP contribution in [0.5, 0.6) is 5.88 Å². The molecule has 1 fully saturated rings. The average molecular weight is 235 g/mol. The molecule has 4 nitrogen and oxygen atoms in total. The third-order valence-electron chi connectivity index (χ3n) is 3.62. The summed E-state index contributed by atoms with van der Waals surface area (Å²) in [7, 11) is 3.65. The zero-order valence-electron chi connectivity index (χ0n) is 10.6. The van der Waals surface area contributed by atoms with Gasteiger partial charge in [-0.1, -0.05) is 19.3 Å². The van der Waals surface area contributed by atoms with E-state index in [4.69, 9.17) is 4.74 Å². The summed E-state index contributed by atoms with van der Waals surface area (Å²) in [5.74, 6) is 1.33. The van der Waals surface area contributed by atoms with Crippen molar-refractivity contribution in [1.82, 2.24) is 15.3 Å². The summed E-state index contributed by atoms with van der Waals surface area (Å²) in [5, 5.41) is 3.39. The number of methoxy groups -OCH3 is 1. The fourth-order valence-electron chi connectivity index (χ4n) is 2.73. The van der Waals surface area contributed by atoms with Crippen molar-refractivity contribution >= 4 is 0 Å². The first-order chi connectivity index (χ1) is 8.35. The molecule has 1 heterocycles. The van der Waals surface area contributed by atoms with Crippen molar-refractivity contribution < 1.29 is 4.74 Å². The van der Waals surface area contributed by atoms with Crippen LogP contribution in [0.25, 0.3) is 0 Å². The van der Waals surface area contributed by atoms with Crippen LogP contribution in [0, 0.1) is 5.92 Å². The highest BCUT2D eigenvalue weighted by Gasteiger charge is 2.25. The molecule has 17 heavy (non-hydrogen) atoms. The quantitative estimate of drug-likeness (QED) is 0.870. The first-order valence-corrected chi connectivity index (χ1v) is 6.38. The highest BCUT2D eigenvalue weighted by atomic mass is 16.5. The normalized spacial score (nSPS) is 18.9. The maximum Gasteiger partial charge on any atom is 0.216 e. The summed E-state index contributed by atoms with van der Waals surface area (Å²) in [6.45, 7) is 0. The third kappa shape index (κ3) is 2.94. The Morgan fingerprint density at radius 2 is 2.06 bits per heavy atom. The van der Waals surface area contributed by atoms with Crippen LogP contribution in [-0.4, -0.2) is 24.1 Å². The lowest BCUT2D eigenvalue weighted by Gasteiger charge is -2.29. The molecule has 0 spiro atoms. The molecule has 0 aliphatic heterocycles. The molecule has 0 aromatic carbocycles. The number of hydrogen-bond donors (Lipinski definition) is 1. The van der Waals surface area contributed by atoms with Crippen LogP contribution in [-0.2, 0) is 0 Å². The van der Waals surface area contributed by atoms with Gasteiger partial charge in [-0.25, -0.2) is 9.97 Å². The second kappa shape index (κ2) is 5.96. The molecule has 0 radical (unpaired) electrons. The van der Waals surface area contributed by atoms with E-state index in [2.05, 4.69) is 15.3 Å². The Hall–Kier alpha value is -1.16. The van der Waals surface area contributed by atoms with Crippen molar-refractivity contribution in [2.75, 3.05) is 14.2 Å². The molecule has 2 rings (SSSR count). The van der Waals surface area contributed by atoms with Gasteiger partial charge in [0, 0.05) is 6.07 Å². The molecule has 1 aliphatic carbocycles. The van der Waals surface area contributed by atoms with Gasteiger partial charge in [-0.05, 0) is 25.8 Å². The maximum atomic E-state index is 5.16. The van der Waals surface area contributed by atoms with Gasteiger partial charge in [0.1, 0.15) is 6.33 Å². The van der Waals surface area contributed by atoms with E-state index in [0.717, 1.165) is 5.69 Å². The fourth-order valence-corrected chi connectivity index (χ4v) is 2.73. The molecule has 94 valence electrons. The SMILES string of the molecule is CNC(c1cc(OC)ncn1)C1CCCCC1. The highest BCUT2D eigenvalue weighted by Crippen LogP contribution is 2.33. The van der Waals surface area contributed by atoms with Crippen LogP contribution < -0.4 is 10.1 Å². The topological polar surface area (TPSA) is 47.0 Å².